The zero-order valence-corrected chi connectivity index (χ0v) is 34.7. The highest BCUT2D eigenvalue weighted by Gasteiger charge is 2.47. The molecule has 7 atom stereocenters. The van der Waals surface area contributed by atoms with Crippen LogP contribution >= 0.6 is 0 Å². The lowest BCUT2D eigenvalue weighted by atomic mass is 9.72. The fourth-order valence-corrected chi connectivity index (χ4v) is 10.3. The fourth-order valence-electron chi connectivity index (χ4n) is 10.3. The molecule has 60 heavy (non-hydrogen) atoms. The molecular formula is C44H54F6N6O4. The number of hydrogen-bond acceptors (Lipinski definition) is 6. The highest BCUT2D eigenvalue weighted by Crippen LogP contribution is 2.50. The van der Waals surface area contributed by atoms with Crippen LogP contribution in [0.5, 0.6) is 0 Å². The second-order valence-electron chi connectivity index (χ2n) is 16.9. The standard InChI is InChI=1S/C22H28F3N3O2.C22H26F3N3O2/c2*1-4-13(11-29)26-21(30)12-8-15-14-6-5-7-17-19(14)16(9-18(15)27(2)10-12)20(28(17)3)22(23,24)25/h5-7,12-13,15,18,29H,4,8-11H2,1-3H3,(H,26,30);5-8,12-13,18,29H,4,9-11H2,1-3H3,(H,26,30)/t12-,13+,15?,18-;12-,13+,18-/m11/s1. The number of fused-ring (bicyclic) bond motifs is 4. The molecule has 2 amide bonds. The average Bonchev–Trinajstić information content (AvgIpc) is 3.67. The van der Waals surface area contributed by atoms with Gasteiger partial charge in [-0.2, -0.15) is 26.3 Å². The number of likely N-dealkylation sites (N-methyl/N-ethyl adjacent to an activating group) is 2. The van der Waals surface area contributed by atoms with E-state index in [0.29, 0.717) is 71.7 Å². The maximum absolute atomic E-state index is 13.9. The summed E-state index contributed by atoms with van der Waals surface area (Å²) in [5.41, 5.74) is 3.27. The minimum Gasteiger partial charge on any atom is -0.394 e. The summed E-state index contributed by atoms with van der Waals surface area (Å²) in [6.45, 7) is 4.47. The van der Waals surface area contributed by atoms with Gasteiger partial charge in [-0.05, 0) is 86.2 Å². The average molecular weight is 845 g/mol. The number of alkyl halides is 6. The summed E-state index contributed by atoms with van der Waals surface area (Å²) in [7, 11) is 6.68. The highest BCUT2D eigenvalue weighted by molar-refractivity contribution is 6.00. The lowest BCUT2D eigenvalue weighted by molar-refractivity contribution is -0.144. The van der Waals surface area contributed by atoms with E-state index in [4.69, 9.17) is 0 Å². The molecule has 2 aliphatic heterocycles. The molecule has 4 heterocycles. The molecule has 1 fully saturated rings. The minimum atomic E-state index is -4.43. The van der Waals surface area contributed by atoms with Crippen LogP contribution in [0.15, 0.2) is 42.5 Å². The Balaban J connectivity index is 0.000000181. The Morgan fingerprint density at radius 3 is 1.87 bits per heavy atom. The van der Waals surface area contributed by atoms with Crippen LogP contribution in [0.4, 0.5) is 26.3 Å². The lowest BCUT2D eigenvalue weighted by Crippen LogP contribution is -2.52. The molecular weight excluding hydrogens is 791 g/mol. The lowest BCUT2D eigenvalue weighted by Gasteiger charge is -2.45. The van der Waals surface area contributed by atoms with E-state index in [0.717, 1.165) is 16.7 Å². The van der Waals surface area contributed by atoms with E-state index in [2.05, 4.69) is 10.6 Å². The number of halogens is 6. The van der Waals surface area contributed by atoms with Gasteiger partial charge in [0.25, 0.3) is 0 Å². The van der Waals surface area contributed by atoms with E-state index >= 15 is 0 Å². The van der Waals surface area contributed by atoms with Crippen LogP contribution in [0.1, 0.15) is 72.7 Å². The number of carbonyl (C=O) groups excluding carboxylic acids is 2. The molecule has 0 bridgehead atoms. The van der Waals surface area contributed by atoms with Crippen LogP contribution in [0, 0.1) is 11.8 Å². The second kappa shape index (κ2) is 16.5. The Labute approximate surface area is 345 Å². The largest absolute Gasteiger partial charge is 0.431 e. The van der Waals surface area contributed by atoms with Gasteiger partial charge in [0.15, 0.2) is 0 Å². The van der Waals surface area contributed by atoms with Gasteiger partial charge in [-0.25, -0.2) is 0 Å². The van der Waals surface area contributed by atoms with Crippen molar-refractivity contribution in [1.82, 2.24) is 29.6 Å². The van der Waals surface area contributed by atoms with Crippen molar-refractivity contribution in [2.45, 2.75) is 88.4 Å². The molecule has 4 aliphatic rings. The van der Waals surface area contributed by atoms with Crippen LogP contribution in [0.3, 0.4) is 0 Å². The van der Waals surface area contributed by atoms with Gasteiger partial charge in [0.2, 0.25) is 11.8 Å². The number of aromatic nitrogens is 2. The number of nitrogens with zero attached hydrogens (tertiary/aromatic N) is 4. The van der Waals surface area contributed by atoms with E-state index in [1.165, 1.54) is 23.2 Å². The first-order chi connectivity index (χ1) is 28.3. The van der Waals surface area contributed by atoms with E-state index < -0.39 is 29.7 Å². The molecule has 2 aromatic carbocycles. The Morgan fingerprint density at radius 1 is 0.750 bits per heavy atom. The predicted molar refractivity (Wildman–Crippen MR) is 217 cm³/mol. The van der Waals surface area contributed by atoms with Crippen LogP contribution in [0.2, 0.25) is 0 Å². The molecule has 1 saturated heterocycles. The maximum Gasteiger partial charge on any atom is 0.431 e. The topological polar surface area (TPSA) is 115 Å². The SMILES string of the molecule is CC[C@@H](CO)NC(=O)[C@@H]1C=C2c3cccc4c3c(c(C(F)(F)F)n4C)C[C@H]2N(C)C1.CC[C@@H](CO)NC(=O)[C@@H]1CC2c3cccc4c3c(c(C(F)(F)F)n4C)C[C@H]2N(C)C1. The first kappa shape index (κ1) is 43.7. The molecule has 0 saturated carbocycles. The number of carbonyl (C=O) groups is 2. The van der Waals surface area contributed by atoms with Gasteiger partial charge in [0.05, 0.1) is 37.1 Å². The summed E-state index contributed by atoms with van der Waals surface area (Å²) in [5.74, 6) is -0.962. The van der Waals surface area contributed by atoms with Crippen molar-refractivity contribution >= 4 is 39.2 Å². The van der Waals surface area contributed by atoms with Crippen molar-refractivity contribution < 1.29 is 46.1 Å². The van der Waals surface area contributed by atoms with Gasteiger partial charge in [0, 0.05) is 67.0 Å². The molecule has 10 nitrogen and oxygen atoms in total. The molecule has 2 aliphatic carbocycles. The summed E-state index contributed by atoms with van der Waals surface area (Å²) < 4.78 is 85.6. The van der Waals surface area contributed by atoms with E-state index in [1.807, 2.05) is 62.0 Å². The van der Waals surface area contributed by atoms with Crippen molar-refractivity contribution in [3.63, 3.8) is 0 Å². The van der Waals surface area contributed by atoms with Gasteiger partial charge < -0.3 is 34.9 Å². The number of piperidine rings is 1. The molecule has 4 aromatic rings. The van der Waals surface area contributed by atoms with Crippen molar-refractivity contribution in [2.24, 2.45) is 25.9 Å². The van der Waals surface area contributed by atoms with Crippen LogP contribution in [0.25, 0.3) is 27.4 Å². The molecule has 2 aromatic heterocycles. The van der Waals surface area contributed by atoms with Crippen molar-refractivity contribution in [1.29, 1.82) is 0 Å². The van der Waals surface area contributed by atoms with Crippen molar-refractivity contribution in [3.05, 3.63) is 76.1 Å². The van der Waals surface area contributed by atoms with E-state index in [-0.39, 0.29) is 67.5 Å². The van der Waals surface area contributed by atoms with Gasteiger partial charge in [0.1, 0.15) is 11.4 Å². The number of amides is 2. The number of benzene rings is 2. The summed E-state index contributed by atoms with van der Waals surface area (Å²) in [5, 5.41) is 25.9. The van der Waals surface area contributed by atoms with Gasteiger partial charge in [-0.3, -0.25) is 14.5 Å². The monoisotopic (exact) mass is 844 g/mol. The third-order valence-electron chi connectivity index (χ3n) is 13.4. The second-order valence-corrected chi connectivity index (χ2v) is 16.9. The first-order valence-electron chi connectivity index (χ1n) is 20.6. The third kappa shape index (κ3) is 7.62. The van der Waals surface area contributed by atoms with Gasteiger partial charge in [-0.15, -0.1) is 0 Å². The van der Waals surface area contributed by atoms with Crippen LogP contribution < -0.4 is 10.6 Å². The maximum atomic E-state index is 13.9. The Kier molecular flexibility index (Phi) is 12.0. The predicted octanol–water partition coefficient (Wildman–Crippen LogP) is 6.00. The number of likely N-dealkylation sites (tertiary alicyclic amines) is 1. The quantitative estimate of drug-likeness (QED) is 0.162. The summed E-state index contributed by atoms with van der Waals surface area (Å²) in [6.07, 6.45) is -4.50. The molecule has 16 heteroatoms. The number of nitrogens with one attached hydrogen (secondary N) is 2. The van der Waals surface area contributed by atoms with Crippen molar-refractivity contribution in [2.75, 3.05) is 40.4 Å². The zero-order valence-electron chi connectivity index (χ0n) is 34.7. The summed E-state index contributed by atoms with van der Waals surface area (Å²) in [4.78, 5) is 29.6. The Morgan fingerprint density at radius 2 is 1.30 bits per heavy atom. The molecule has 1 unspecified atom stereocenters. The van der Waals surface area contributed by atoms with E-state index in [1.54, 1.807) is 18.2 Å². The van der Waals surface area contributed by atoms with Gasteiger partial charge in [-0.1, -0.05) is 44.2 Å². The molecule has 326 valence electrons. The molecule has 0 radical (unpaired) electrons. The smallest absolute Gasteiger partial charge is 0.394 e. The summed E-state index contributed by atoms with van der Waals surface area (Å²) >= 11 is 0. The van der Waals surface area contributed by atoms with Crippen LogP contribution in [-0.2, 0) is 48.9 Å². The number of aliphatic hydroxyl groups is 2. The number of aliphatic hydroxyl groups excluding tert-OH is 2. The third-order valence-corrected chi connectivity index (χ3v) is 13.4. The molecule has 0 spiro atoms. The van der Waals surface area contributed by atoms with Gasteiger partial charge >= 0.3 is 12.4 Å². The van der Waals surface area contributed by atoms with Crippen molar-refractivity contribution in [3.8, 4) is 0 Å². The Hall–Kier alpha value is -4.38. The molecule has 8 rings (SSSR count). The first-order valence-corrected chi connectivity index (χ1v) is 20.6. The summed E-state index contributed by atoms with van der Waals surface area (Å²) in [6, 6.07) is 9.93. The van der Waals surface area contributed by atoms with E-state index in [9.17, 15) is 46.1 Å². The fraction of sp³-hybridized carbons (Fsp3) is 0.545. The zero-order chi connectivity index (χ0) is 43.6. The normalized spacial score (nSPS) is 23.9. The minimum absolute atomic E-state index is 0.00612. The molecule has 4 N–H and O–H groups in total. The number of hydrogen-bond donors (Lipinski definition) is 4. The van der Waals surface area contributed by atoms with Crippen LogP contribution in [-0.4, -0.2) is 106 Å². The highest BCUT2D eigenvalue weighted by atomic mass is 19.4. The number of aryl methyl sites for hydroxylation is 2. The Bertz CT molecular complexity index is 2310. The number of rotatable bonds is 8.